The first-order valence-electron chi connectivity index (χ1n) is 8.23. The van der Waals surface area contributed by atoms with E-state index in [1.165, 1.54) is 12.1 Å². The summed E-state index contributed by atoms with van der Waals surface area (Å²) in [5.41, 5.74) is 0.229. The number of pyridine rings is 1. The lowest BCUT2D eigenvalue weighted by Gasteiger charge is -2.32. The molecule has 0 bridgehead atoms. The molecule has 2 N–H and O–H groups in total. The molecule has 0 saturated heterocycles. The maximum Gasteiger partial charge on any atom is 0.258 e. The molecule has 0 fully saturated rings. The van der Waals surface area contributed by atoms with Crippen LogP contribution in [0.4, 0.5) is 0 Å². The molecule has 0 radical (unpaired) electrons. The number of aromatic nitrogens is 1. The number of fused-ring (bicyclic) bond motifs is 1. The van der Waals surface area contributed by atoms with Gasteiger partial charge in [0.2, 0.25) is 0 Å². The van der Waals surface area contributed by atoms with Crippen molar-refractivity contribution in [1.82, 2.24) is 10.3 Å². The van der Waals surface area contributed by atoms with E-state index in [2.05, 4.69) is 10.3 Å². The van der Waals surface area contributed by atoms with Gasteiger partial charge in [0.15, 0.2) is 12.4 Å². The van der Waals surface area contributed by atoms with E-state index in [-0.39, 0.29) is 47.5 Å². The van der Waals surface area contributed by atoms with Crippen LogP contribution < -0.4 is 14.8 Å². The lowest BCUT2D eigenvalue weighted by atomic mass is 9.92. The summed E-state index contributed by atoms with van der Waals surface area (Å²) in [6, 6.07) is 8.26. The van der Waals surface area contributed by atoms with Crippen molar-refractivity contribution < 1.29 is 24.2 Å². The smallest absolute Gasteiger partial charge is 0.258 e. The van der Waals surface area contributed by atoms with Crippen molar-refractivity contribution in [2.24, 2.45) is 0 Å². The van der Waals surface area contributed by atoms with Crippen LogP contribution in [0.2, 0.25) is 0 Å². The zero-order valence-electron chi connectivity index (χ0n) is 14.6. The molecular weight excluding hydrogens is 336 g/mol. The van der Waals surface area contributed by atoms with Gasteiger partial charge in [-0.25, -0.2) is 0 Å². The highest BCUT2D eigenvalue weighted by Crippen LogP contribution is 2.40. The number of nitrogens with one attached hydrogen (secondary N) is 1. The summed E-state index contributed by atoms with van der Waals surface area (Å²) in [4.78, 5) is 28.2. The Morgan fingerprint density at radius 3 is 2.92 bits per heavy atom. The van der Waals surface area contributed by atoms with Crippen LogP contribution in [0.3, 0.4) is 0 Å². The van der Waals surface area contributed by atoms with Gasteiger partial charge in [0, 0.05) is 18.3 Å². The second kappa shape index (κ2) is 7.03. The summed E-state index contributed by atoms with van der Waals surface area (Å²) in [6.07, 6.45) is 1.83. The molecule has 1 aliphatic heterocycles. The van der Waals surface area contributed by atoms with Gasteiger partial charge in [-0.3, -0.25) is 14.6 Å². The highest BCUT2D eigenvalue weighted by Gasteiger charge is 2.34. The Morgan fingerprint density at radius 1 is 1.38 bits per heavy atom. The van der Waals surface area contributed by atoms with Crippen molar-refractivity contribution in [3.05, 3.63) is 47.8 Å². The number of carbonyl (C=O) groups is 2. The second-order valence-corrected chi connectivity index (χ2v) is 6.66. The monoisotopic (exact) mass is 356 g/mol. The van der Waals surface area contributed by atoms with Gasteiger partial charge >= 0.3 is 0 Å². The molecule has 0 atom stereocenters. The van der Waals surface area contributed by atoms with Crippen molar-refractivity contribution in [2.45, 2.75) is 32.4 Å². The van der Waals surface area contributed by atoms with E-state index in [9.17, 15) is 14.7 Å². The number of rotatable bonds is 5. The average Bonchev–Trinajstić information content (AvgIpc) is 2.57. The maximum absolute atomic E-state index is 12.2. The summed E-state index contributed by atoms with van der Waals surface area (Å²) in [7, 11) is 0. The summed E-state index contributed by atoms with van der Waals surface area (Å²) in [5, 5.41) is 12.8. The Kier molecular flexibility index (Phi) is 4.79. The third-order valence-corrected chi connectivity index (χ3v) is 3.87. The van der Waals surface area contributed by atoms with Crippen molar-refractivity contribution >= 4 is 11.7 Å². The molecule has 0 aliphatic carbocycles. The summed E-state index contributed by atoms with van der Waals surface area (Å²) in [5.74, 6) is -0.222. The van der Waals surface area contributed by atoms with E-state index in [0.29, 0.717) is 6.54 Å². The van der Waals surface area contributed by atoms with Crippen molar-refractivity contribution in [1.29, 1.82) is 0 Å². The number of ether oxygens (including phenoxy) is 2. The Bertz CT molecular complexity index is 833. The molecule has 1 aromatic heterocycles. The van der Waals surface area contributed by atoms with Gasteiger partial charge in [0.05, 0.1) is 18.7 Å². The normalized spacial score (nSPS) is 14.9. The number of phenolic OH excluding ortho intramolecular Hbond substituents is 1. The molecule has 1 amide bonds. The van der Waals surface area contributed by atoms with Crippen LogP contribution in [0.1, 0.15) is 36.3 Å². The van der Waals surface area contributed by atoms with Crippen LogP contribution in [-0.2, 0) is 11.3 Å². The number of nitrogens with zero attached hydrogens (tertiary/aromatic N) is 1. The quantitative estimate of drug-likeness (QED) is 0.852. The highest BCUT2D eigenvalue weighted by molar-refractivity contribution is 6.03. The number of hydrogen-bond acceptors (Lipinski definition) is 6. The third kappa shape index (κ3) is 4.11. The number of hydrogen-bond donors (Lipinski definition) is 2. The largest absolute Gasteiger partial charge is 0.507 e. The number of ketones is 1. The first kappa shape index (κ1) is 17.7. The minimum atomic E-state index is -0.658. The Balaban J connectivity index is 1.63. The minimum Gasteiger partial charge on any atom is -0.507 e. The van der Waals surface area contributed by atoms with Gasteiger partial charge in [-0.1, -0.05) is 6.07 Å². The number of aromatic hydroxyl groups is 1. The van der Waals surface area contributed by atoms with Crippen LogP contribution in [0, 0.1) is 0 Å². The Labute approximate surface area is 151 Å². The SMILES string of the molecule is CC1(C)CC(=O)c2c(O)cc(OCC(=O)NCc3ccccn3)cc2O1. The Morgan fingerprint density at radius 2 is 2.19 bits per heavy atom. The molecule has 136 valence electrons. The van der Waals surface area contributed by atoms with Crippen LogP contribution in [0.15, 0.2) is 36.5 Å². The molecule has 1 aliphatic rings. The minimum absolute atomic E-state index is 0.149. The van der Waals surface area contributed by atoms with E-state index in [1.54, 1.807) is 32.2 Å². The first-order valence-corrected chi connectivity index (χ1v) is 8.23. The van der Waals surface area contributed by atoms with E-state index in [0.717, 1.165) is 5.69 Å². The van der Waals surface area contributed by atoms with Gasteiger partial charge in [0.25, 0.3) is 5.91 Å². The summed E-state index contributed by atoms with van der Waals surface area (Å²) < 4.78 is 11.2. The standard InChI is InChI=1S/C19H20N2O5/c1-19(2)9-15(23)18-14(22)7-13(8-16(18)26-19)25-11-17(24)21-10-12-5-3-4-6-20-12/h3-8,22H,9-11H2,1-2H3,(H,21,24). The molecule has 0 unspecified atom stereocenters. The number of Topliss-reactive ketones (excluding diaryl/α,β-unsaturated/α-hetero) is 1. The first-order chi connectivity index (χ1) is 12.3. The fourth-order valence-electron chi connectivity index (χ4n) is 2.72. The van der Waals surface area contributed by atoms with Gasteiger partial charge in [-0.15, -0.1) is 0 Å². The molecular formula is C19H20N2O5. The predicted molar refractivity (Wildman–Crippen MR) is 93.3 cm³/mol. The summed E-state index contributed by atoms with van der Waals surface area (Å²) >= 11 is 0. The van der Waals surface area contributed by atoms with Crippen LogP contribution in [0.25, 0.3) is 0 Å². The molecule has 2 heterocycles. The molecule has 7 heteroatoms. The van der Waals surface area contributed by atoms with Crippen molar-refractivity contribution in [2.75, 3.05) is 6.61 Å². The number of benzene rings is 1. The number of phenols is 1. The molecule has 0 saturated carbocycles. The van der Waals surface area contributed by atoms with Crippen LogP contribution in [-0.4, -0.2) is 34.0 Å². The van der Waals surface area contributed by atoms with Crippen LogP contribution in [0.5, 0.6) is 17.2 Å². The second-order valence-electron chi connectivity index (χ2n) is 6.66. The van der Waals surface area contributed by atoms with Crippen molar-refractivity contribution in [3.8, 4) is 17.2 Å². The fourth-order valence-corrected chi connectivity index (χ4v) is 2.72. The molecule has 2 aromatic rings. The molecule has 3 rings (SSSR count). The Hall–Kier alpha value is -3.09. The maximum atomic E-state index is 12.2. The zero-order valence-corrected chi connectivity index (χ0v) is 14.6. The zero-order chi connectivity index (χ0) is 18.7. The van der Waals surface area contributed by atoms with E-state index in [1.807, 2.05) is 6.07 Å². The summed E-state index contributed by atoms with van der Waals surface area (Å²) in [6.45, 7) is 3.65. The number of amides is 1. The lowest BCUT2D eigenvalue weighted by Crippen LogP contribution is -2.36. The average molecular weight is 356 g/mol. The molecule has 26 heavy (non-hydrogen) atoms. The molecule has 1 aromatic carbocycles. The molecule has 7 nitrogen and oxygen atoms in total. The third-order valence-electron chi connectivity index (χ3n) is 3.87. The van der Waals surface area contributed by atoms with Crippen LogP contribution >= 0.6 is 0 Å². The van der Waals surface area contributed by atoms with Gasteiger partial charge < -0.3 is 19.9 Å². The van der Waals surface area contributed by atoms with Gasteiger partial charge in [-0.05, 0) is 26.0 Å². The van der Waals surface area contributed by atoms with E-state index < -0.39 is 5.60 Å². The number of carbonyl (C=O) groups excluding carboxylic acids is 2. The highest BCUT2D eigenvalue weighted by atomic mass is 16.5. The van der Waals surface area contributed by atoms with Crippen molar-refractivity contribution in [3.63, 3.8) is 0 Å². The topological polar surface area (TPSA) is 97.8 Å². The van der Waals surface area contributed by atoms with Gasteiger partial charge in [-0.2, -0.15) is 0 Å². The van der Waals surface area contributed by atoms with Gasteiger partial charge in [0.1, 0.15) is 28.4 Å². The lowest BCUT2D eigenvalue weighted by molar-refractivity contribution is -0.123. The van der Waals surface area contributed by atoms with E-state index >= 15 is 0 Å². The molecule has 0 spiro atoms. The fraction of sp³-hybridized carbons (Fsp3) is 0.316. The predicted octanol–water partition coefficient (Wildman–Crippen LogP) is 2.23. The van der Waals surface area contributed by atoms with E-state index in [4.69, 9.17) is 9.47 Å².